The second-order valence-corrected chi connectivity index (χ2v) is 1.98. The molecule has 0 aromatic rings. The molecule has 44 valence electrons. The molecule has 0 fully saturated rings. The predicted molar refractivity (Wildman–Crippen MR) is 33.5 cm³/mol. The van der Waals surface area contributed by atoms with Crippen molar-refractivity contribution >= 4 is 0 Å². The van der Waals surface area contributed by atoms with Crippen LogP contribution >= 0.6 is 0 Å². The summed E-state index contributed by atoms with van der Waals surface area (Å²) in [5.74, 6) is 0. The van der Waals surface area contributed by atoms with Crippen molar-refractivity contribution in [2.75, 3.05) is 0 Å². The van der Waals surface area contributed by atoms with E-state index in [0.717, 1.165) is 5.57 Å². The Kier molecular flexibility index (Phi) is 1.16. The molecule has 1 heteroatoms. The normalized spacial score (nSPS) is 38.8. The summed E-state index contributed by atoms with van der Waals surface area (Å²) in [5.41, 5.74) is 1.12. The molecule has 0 bridgehead atoms. The summed E-state index contributed by atoms with van der Waals surface area (Å²) in [5, 5.41) is 9.03. The highest BCUT2D eigenvalue weighted by molar-refractivity contribution is 5.21. The van der Waals surface area contributed by atoms with E-state index in [1.807, 2.05) is 13.0 Å². The summed E-state index contributed by atoms with van der Waals surface area (Å²) in [6.07, 6.45) is 4.18. The van der Waals surface area contributed by atoms with E-state index in [-0.39, 0.29) is 0 Å². The molecule has 0 saturated heterocycles. The molecule has 8 heavy (non-hydrogen) atoms. The molecule has 0 aromatic heterocycles. The second-order valence-electron chi connectivity index (χ2n) is 1.98. The lowest BCUT2D eigenvalue weighted by Gasteiger charge is -2.06. The molecular weight excluding hydrogens is 100 g/mol. The van der Waals surface area contributed by atoms with Gasteiger partial charge in [-0.1, -0.05) is 23.8 Å². The van der Waals surface area contributed by atoms with Crippen LogP contribution in [-0.2, 0) is 0 Å². The van der Waals surface area contributed by atoms with Gasteiger partial charge in [0.15, 0.2) is 0 Å². The minimum atomic E-state index is -1.35. The molecule has 1 rings (SSSR count). The Morgan fingerprint density at radius 3 is 3.12 bits per heavy atom. The molecular formula is C7H10O. The molecule has 1 unspecified atom stereocenters. The smallest absolute Gasteiger partial charge is 0.0758 e. The molecule has 1 nitrogen and oxygen atoms in total. The van der Waals surface area contributed by atoms with E-state index in [1.165, 1.54) is 6.08 Å². The lowest BCUT2D eigenvalue weighted by Crippen LogP contribution is -2.02. The van der Waals surface area contributed by atoms with E-state index < -0.39 is 6.08 Å². The molecule has 0 radical (unpaired) electrons. The summed E-state index contributed by atoms with van der Waals surface area (Å²) in [6, 6.07) is 0. The summed E-state index contributed by atoms with van der Waals surface area (Å²) in [7, 11) is 0. The Morgan fingerprint density at radius 1 is 2.00 bits per heavy atom. The number of aliphatic hydroxyl groups is 1. The quantitative estimate of drug-likeness (QED) is 0.499. The minimum Gasteiger partial charge on any atom is -0.389 e. The zero-order valence-electron chi connectivity index (χ0n) is 5.89. The largest absolute Gasteiger partial charge is 0.389 e. The number of rotatable bonds is 0. The van der Waals surface area contributed by atoms with Crippen LogP contribution in [0.2, 0.25) is 0 Å². The van der Waals surface area contributed by atoms with E-state index in [2.05, 4.69) is 0 Å². The van der Waals surface area contributed by atoms with Crippen LogP contribution in [0, 0.1) is 0 Å². The Labute approximate surface area is 50.7 Å². The van der Waals surface area contributed by atoms with Gasteiger partial charge in [0.1, 0.15) is 0 Å². The van der Waals surface area contributed by atoms with Gasteiger partial charge >= 0.3 is 0 Å². The molecule has 1 aliphatic rings. The molecule has 1 aliphatic carbocycles. The topological polar surface area (TPSA) is 20.2 Å². The number of allylic oxidation sites excluding steroid dienone is 2. The van der Waals surface area contributed by atoms with Gasteiger partial charge in [-0.2, -0.15) is 0 Å². The first-order chi connectivity index (χ1) is 4.10. The maximum atomic E-state index is 9.03. The van der Waals surface area contributed by atoms with Crippen molar-refractivity contribution in [1.29, 1.82) is 0 Å². The van der Waals surface area contributed by atoms with Crippen LogP contribution in [0.4, 0.5) is 0 Å². The highest BCUT2D eigenvalue weighted by atomic mass is 16.3. The van der Waals surface area contributed by atoms with Crippen molar-refractivity contribution < 1.29 is 6.48 Å². The second kappa shape index (κ2) is 2.14. The molecule has 0 saturated carbocycles. The van der Waals surface area contributed by atoms with Crippen molar-refractivity contribution in [1.82, 2.24) is 0 Å². The molecule has 1 atom stereocenters. The van der Waals surface area contributed by atoms with Gasteiger partial charge in [-0.25, -0.2) is 0 Å². The van der Waals surface area contributed by atoms with Crippen LogP contribution in [0.25, 0.3) is 0 Å². The van der Waals surface area contributed by atoms with Crippen molar-refractivity contribution in [2.24, 2.45) is 0 Å². The van der Waals surface area contributed by atoms with Gasteiger partial charge in [0.2, 0.25) is 0 Å². The van der Waals surface area contributed by atoms with E-state index in [9.17, 15) is 0 Å². The summed E-state index contributed by atoms with van der Waals surface area (Å²) in [6.45, 7) is 1.95. The maximum Gasteiger partial charge on any atom is 0.0758 e. The van der Waals surface area contributed by atoms with Crippen LogP contribution in [0.15, 0.2) is 23.8 Å². The van der Waals surface area contributed by atoms with Gasteiger partial charge in [-0.3, -0.25) is 0 Å². The first kappa shape index (κ1) is 4.33. The fraction of sp³-hybridized carbons (Fsp3) is 0.429. The Morgan fingerprint density at radius 2 is 2.75 bits per heavy atom. The average molecular weight is 111 g/mol. The average Bonchev–Trinajstić information content (AvgIpc) is 1.78. The van der Waals surface area contributed by atoms with Crippen LogP contribution in [-0.4, -0.2) is 11.2 Å². The van der Waals surface area contributed by atoms with Crippen LogP contribution in [0.5, 0.6) is 0 Å². The van der Waals surface area contributed by atoms with Gasteiger partial charge in [-0.05, 0) is 13.3 Å². The molecule has 1 N–H and O–H groups in total. The third-order valence-electron chi connectivity index (χ3n) is 1.17. The fourth-order valence-corrected chi connectivity index (χ4v) is 0.629. The van der Waals surface area contributed by atoms with Gasteiger partial charge in [0.05, 0.1) is 7.45 Å². The van der Waals surface area contributed by atoms with E-state index in [1.54, 1.807) is 6.08 Å². The summed E-state index contributed by atoms with van der Waals surface area (Å²) < 4.78 is 7.14. The van der Waals surface area contributed by atoms with E-state index >= 15 is 0 Å². The molecule has 0 aromatic carbocycles. The summed E-state index contributed by atoms with van der Waals surface area (Å²) >= 11 is 0. The minimum absolute atomic E-state index is 0.412. The molecule has 0 heterocycles. The van der Waals surface area contributed by atoms with Crippen LogP contribution in [0.3, 0.4) is 0 Å². The van der Waals surface area contributed by atoms with Gasteiger partial charge < -0.3 is 5.11 Å². The lowest BCUT2D eigenvalue weighted by molar-refractivity contribution is 0.225. The predicted octanol–water partition coefficient (Wildman–Crippen LogP) is 1.25. The highest BCUT2D eigenvalue weighted by Gasteiger charge is 1.99. The Hall–Kier alpha value is -0.560. The molecule has 0 aliphatic heterocycles. The number of hydrogen-bond acceptors (Lipinski definition) is 1. The van der Waals surface area contributed by atoms with Crippen LogP contribution < -0.4 is 0 Å². The SMILES string of the molecule is [2H]C1(O)C=CC(C)=CC1. The van der Waals surface area contributed by atoms with Gasteiger partial charge in [0, 0.05) is 0 Å². The van der Waals surface area contributed by atoms with Gasteiger partial charge in [-0.15, -0.1) is 0 Å². The Balaban J connectivity index is 2.70. The van der Waals surface area contributed by atoms with E-state index in [4.69, 9.17) is 6.48 Å². The first-order valence-electron chi connectivity index (χ1n) is 3.18. The highest BCUT2D eigenvalue weighted by Crippen LogP contribution is 2.08. The monoisotopic (exact) mass is 111 g/mol. The van der Waals surface area contributed by atoms with Crippen molar-refractivity contribution in [2.45, 2.75) is 19.4 Å². The zero-order chi connectivity index (χ0) is 6.91. The standard InChI is InChI=1S/C7H10O/c1-6-2-4-7(8)5-3-6/h2-4,7-8H,5H2,1H3/i7D. The maximum absolute atomic E-state index is 9.03. The van der Waals surface area contributed by atoms with Crippen molar-refractivity contribution in [3.63, 3.8) is 0 Å². The van der Waals surface area contributed by atoms with E-state index in [0.29, 0.717) is 6.42 Å². The summed E-state index contributed by atoms with van der Waals surface area (Å²) in [4.78, 5) is 0. The lowest BCUT2D eigenvalue weighted by atomic mass is 10.1. The molecule has 0 spiro atoms. The molecule has 0 amide bonds. The third kappa shape index (κ3) is 1.20. The Bertz CT molecular complexity index is 168. The van der Waals surface area contributed by atoms with Crippen LogP contribution in [0.1, 0.15) is 14.7 Å². The van der Waals surface area contributed by atoms with Crippen molar-refractivity contribution in [3.8, 4) is 0 Å². The zero-order valence-corrected chi connectivity index (χ0v) is 4.89. The first-order valence-corrected chi connectivity index (χ1v) is 2.68. The van der Waals surface area contributed by atoms with Crippen molar-refractivity contribution in [3.05, 3.63) is 23.8 Å². The fourth-order valence-electron chi connectivity index (χ4n) is 0.629. The number of hydrogen-bond donors (Lipinski definition) is 1. The van der Waals surface area contributed by atoms with Gasteiger partial charge in [0.25, 0.3) is 0 Å². The third-order valence-corrected chi connectivity index (χ3v) is 1.17.